The predicted octanol–water partition coefficient (Wildman–Crippen LogP) is 3.39. The fourth-order valence-electron chi connectivity index (χ4n) is 1.70. The van der Waals surface area contributed by atoms with Crippen molar-refractivity contribution in [2.24, 2.45) is 5.92 Å². The van der Waals surface area contributed by atoms with Crippen LogP contribution in [-0.4, -0.2) is 22.6 Å². The molecule has 0 aliphatic rings. The van der Waals surface area contributed by atoms with Crippen molar-refractivity contribution in [3.05, 3.63) is 0 Å². The molecule has 1 N–H and O–H groups in total. The van der Waals surface area contributed by atoms with Gasteiger partial charge in [0.05, 0.1) is 12.8 Å². The highest BCUT2D eigenvalue weighted by Crippen LogP contribution is 2.21. The van der Waals surface area contributed by atoms with Crippen molar-refractivity contribution in [2.45, 2.75) is 71.8 Å². The van der Waals surface area contributed by atoms with Crippen LogP contribution in [0.4, 0.5) is 0 Å². The number of carboxylic acids is 1. The minimum absolute atomic E-state index is 0.0515. The van der Waals surface area contributed by atoms with Gasteiger partial charge in [0.2, 0.25) is 0 Å². The van der Waals surface area contributed by atoms with Crippen LogP contribution in [0.15, 0.2) is 0 Å². The Balaban J connectivity index is 3.91. The number of rotatable bonds is 9. The van der Waals surface area contributed by atoms with Crippen LogP contribution in [0.2, 0.25) is 0 Å². The van der Waals surface area contributed by atoms with Gasteiger partial charge >= 0.3 is 11.9 Å². The van der Waals surface area contributed by atoms with Gasteiger partial charge in [-0.1, -0.05) is 26.7 Å². The van der Waals surface area contributed by atoms with Crippen molar-refractivity contribution in [1.29, 1.82) is 0 Å². The maximum atomic E-state index is 11.4. The van der Waals surface area contributed by atoms with Crippen molar-refractivity contribution < 1.29 is 19.4 Å². The van der Waals surface area contributed by atoms with Gasteiger partial charge in [0, 0.05) is 0 Å². The molecular weight excluding hydrogens is 232 g/mol. The molecule has 0 spiro atoms. The third kappa shape index (κ3) is 9.02. The van der Waals surface area contributed by atoms with E-state index in [1.54, 1.807) is 0 Å². The molecule has 0 rings (SSSR count). The lowest BCUT2D eigenvalue weighted by atomic mass is 9.95. The maximum Gasteiger partial charge on any atom is 0.306 e. The van der Waals surface area contributed by atoms with Gasteiger partial charge < -0.3 is 9.84 Å². The highest BCUT2D eigenvalue weighted by atomic mass is 16.6. The highest BCUT2D eigenvalue weighted by Gasteiger charge is 2.22. The zero-order chi connectivity index (χ0) is 14.2. The summed E-state index contributed by atoms with van der Waals surface area (Å²) in [5.41, 5.74) is -0.497. The number of carbonyl (C=O) groups excluding carboxylic acids is 1. The van der Waals surface area contributed by atoms with Crippen molar-refractivity contribution >= 4 is 11.9 Å². The van der Waals surface area contributed by atoms with Gasteiger partial charge in [-0.05, 0) is 32.6 Å². The molecule has 0 heterocycles. The average molecular weight is 258 g/mol. The quantitative estimate of drug-likeness (QED) is 0.644. The molecule has 4 nitrogen and oxygen atoms in total. The van der Waals surface area contributed by atoms with Crippen LogP contribution in [0.5, 0.6) is 0 Å². The molecule has 0 aromatic heterocycles. The fourth-order valence-corrected chi connectivity index (χ4v) is 1.70. The van der Waals surface area contributed by atoms with E-state index >= 15 is 0 Å². The van der Waals surface area contributed by atoms with Gasteiger partial charge in [-0.3, -0.25) is 9.59 Å². The molecule has 0 aromatic carbocycles. The van der Waals surface area contributed by atoms with Crippen LogP contribution in [-0.2, 0) is 14.3 Å². The van der Waals surface area contributed by atoms with Gasteiger partial charge in [0.25, 0.3) is 0 Å². The molecule has 1 unspecified atom stereocenters. The molecule has 106 valence electrons. The number of esters is 1. The molecule has 0 bridgehead atoms. The average Bonchev–Trinajstić information content (AvgIpc) is 2.25. The Kier molecular flexibility index (Phi) is 7.64. The Morgan fingerprint density at radius 2 is 1.89 bits per heavy atom. The molecule has 0 radical (unpaired) electrons. The van der Waals surface area contributed by atoms with E-state index in [9.17, 15) is 9.59 Å². The molecule has 0 aliphatic heterocycles. The van der Waals surface area contributed by atoms with Gasteiger partial charge in [-0.15, -0.1) is 0 Å². The summed E-state index contributed by atoms with van der Waals surface area (Å²) in [7, 11) is 0. The zero-order valence-electron chi connectivity index (χ0n) is 12.0. The zero-order valence-corrected chi connectivity index (χ0v) is 12.0. The van der Waals surface area contributed by atoms with Crippen LogP contribution in [0.25, 0.3) is 0 Å². The van der Waals surface area contributed by atoms with Crippen molar-refractivity contribution in [3.8, 4) is 0 Å². The van der Waals surface area contributed by atoms with Crippen molar-refractivity contribution in [2.75, 3.05) is 0 Å². The summed E-state index contributed by atoms with van der Waals surface area (Å²) in [5, 5.41) is 8.48. The van der Waals surface area contributed by atoms with E-state index in [2.05, 4.69) is 13.8 Å². The summed E-state index contributed by atoms with van der Waals surface area (Å²) >= 11 is 0. The number of ether oxygens (including phenoxy) is 1. The summed E-state index contributed by atoms with van der Waals surface area (Å²) in [4.78, 5) is 21.8. The van der Waals surface area contributed by atoms with Gasteiger partial charge in [0.15, 0.2) is 0 Å². The monoisotopic (exact) mass is 258 g/mol. The first kappa shape index (κ1) is 16.9. The highest BCUT2D eigenvalue weighted by molar-refractivity contribution is 5.76. The largest absolute Gasteiger partial charge is 0.481 e. The van der Waals surface area contributed by atoms with E-state index < -0.39 is 17.5 Å². The lowest BCUT2D eigenvalue weighted by Gasteiger charge is -2.25. The van der Waals surface area contributed by atoms with E-state index in [1.165, 1.54) is 6.42 Å². The Morgan fingerprint density at radius 1 is 1.28 bits per heavy atom. The minimum atomic E-state index is -0.971. The Labute approximate surface area is 110 Å². The number of carboxylic acid groups (broad SMARTS) is 1. The first-order valence-corrected chi connectivity index (χ1v) is 6.70. The number of hydrogen-bond donors (Lipinski definition) is 1. The Hall–Kier alpha value is -1.06. The molecule has 0 fully saturated rings. The van der Waals surface area contributed by atoms with Gasteiger partial charge in [0.1, 0.15) is 5.60 Å². The predicted molar refractivity (Wildman–Crippen MR) is 70.3 cm³/mol. The Bertz CT molecular complexity index is 271. The molecule has 1 atom stereocenters. The van der Waals surface area contributed by atoms with Crippen LogP contribution in [0.3, 0.4) is 0 Å². The molecule has 0 aliphatic carbocycles. The molecule has 18 heavy (non-hydrogen) atoms. The summed E-state index contributed by atoms with van der Waals surface area (Å²) in [5.74, 6) is -0.698. The van der Waals surface area contributed by atoms with Gasteiger partial charge in [-0.25, -0.2) is 0 Å². The third-order valence-electron chi connectivity index (χ3n) is 3.11. The molecule has 0 saturated carbocycles. The standard InChI is InChI=1S/C14H26O4/c1-5-11(2)7-6-10-14(3,4)18-13(17)9-8-12(15)16/h11H,5-10H2,1-4H3,(H,15,16). The topological polar surface area (TPSA) is 63.6 Å². The minimum Gasteiger partial charge on any atom is -0.481 e. The normalized spacial score (nSPS) is 13.1. The van der Waals surface area contributed by atoms with E-state index in [0.29, 0.717) is 5.92 Å². The lowest BCUT2D eigenvalue weighted by Crippen LogP contribution is -2.28. The second kappa shape index (κ2) is 8.11. The third-order valence-corrected chi connectivity index (χ3v) is 3.11. The second-order valence-electron chi connectivity index (χ2n) is 5.53. The summed E-state index contributed by atoms with van der Waals surface area (Å²) in [6, 6.07) is 0. The summed E-state index contributed by atoms with van der Waals surface area (Å²) < 4.78 is 5.30. The molecule has 0 aromatic rings. The van der Waals surface area contributed by atoms with E-state index in [-0.39, 0.29) is 12.8 Å². The Morgan fingerprint density at radius 3 is 2.39 bits per heavy atom. The summed E-state index contributed by atoms with van der Waals surface area (Å²) in [6.07, 6.45) is 3.92. The lowest BCUT2D eigenvalue weighted by molar-refractivity contribution is -0.159. The fraction of sp³-hybridized carbons (Fsp3) is 0.857. The van der Waals surface area contributed by atoms with Crippen molar-refractivity contribution in [3.63, 3.8) is 0 Å². The molecule has 4 heteroatoms. The van der Waals surface area contributed by atoms with Crippen LogP contribution in [0, 0.1) is 5.92 Å². The SMILES string of the molecule is CCC(C)CCCC(C)(C)OC(=O)CCC(=O)O. The molecular formula is C14H26O4. The van der Waals surface area contributed by atoms with Crippen LogP contribution < -0.4 is 0 Å². The number of hydrogen-bond acceptors (Lipinski definition) is 3. The maximum absolute atomic E-state index is 11.4. The van der Waals surface area contributed by atoms with E-state index in [0.717, 1.165) is 19.3 Å². The first-order chi connectivity index (χ1) is 8.26. The van der Waals surface area contributed by atoms with E-state index in [1.807, 2.05) is 13.8 Å². The first-order valence-electron chi connectivity index (χ1n) is 6.70. The van der Waals surface area contributed by atoms with E-state index in [4.69, 9.17) is 9.84 Å². The van der Waals surface area contributed by atoms with Crippen LogP contribution >= 0.6 is 0 Å². The smallest absolute Gasteiger partial charge is 0.306 e. The van der Waals surface area contributed by atoms with Gasteiger partial charge in [-0.2, -0.15) is 0 Å². The molecule has 0 amide bonds. The van der Waals surface area contributed by atoms with Crippen LogP contribution in [0.1, 0.15) is 66.2 Å². The number of carbonyl (C=O) groups is 2. The molecule has 0 saturated heterocycles. The summed E-state index contributed by atoms with van der Waals surface area (Å²) in [6.45, 7) is 8.14. The second-order valence-corrected chi connectivity index (χ2v) is 5.53. The van der Waals surface area contributed by atoms with Crippen molar-refractivity contribution in [1.82, 2.24) is 0 Å². The number of aliphatic carboxylic acids is 1.